The number of fused-ring (bicyclic) bond motifs is 1. The maximum atomic E-state index is 12.6. The van der Waals surface area contributed by atoms with Crippen LogP contribution in [0, 0.1) is 5.92 Å². The maximum Gasteiger partial charge on any atom is 0.261 e. The largest absolute Gasteiger partial charge is 0.496 e. The fraction of sp³-hybridized carbons (Fsp3) is 0.316. The standard InChI is InChI=1S/C19H20BrN3O3S2/c1-9-3-5-11-14(7-9)28-18(15(11)16(21)24)23-19(27)22-17(25)12-8-10(20)4-6-13(12)26-2/h4,6,8-9H,3,5,7H2,1-2H3,(H2,21,24)(H2,22,23,25,27). The van der Waals surface area contributed by atoms with Crippen molar-refractivity contribution < 1.29 is 14.3 Å². The number of ether oxygens (including phenoxy) is 1. The minimum Gasteiger partial charge on any atom is -0.496 e. The van der Waals surface area contributed by atoms with Crippen molar-refractivity contribution in [2.24, 2.45) is 11.7 Å². The number of rotatable bonds is 4. The number of hydrogen-bond donors (Lipinski definition) is 3. The normalized spacial score (nSPS) is 15.5. The van der Waals surface area contributed by atoms with Crippen LogP contribution in [0.25, 0.3) is 0 Å². The molecule has 9 heteroatoms. The molecule has 1 aromatic carbocycles. The van der Waals surface area contributed by atoms with Gasteiger partial charge in [0, 0.05) is 9.35 Å². The number of thiophene rings is 1. The van der Waals surface area contributed by atoms with Crippen molar-refractivity contribution in [2.45, 2.75) is 26.2 Å². The second kappa shape index (κ2) is 8.59. The number of carbonyl (C=O) groups excluding carboxylic acids is 2. The van der Waals surface area contributed by atoms with E-state index in [2.05, 4.69) is 33.5 Å². The van der Waals surface area contributed by atoms with Crippen LogP contribution in [0.2, 0.25) is 0 Å². The van der Waals surface area contributed by atoms with E-state index in [-0.39, 0.29) is 5.11 Å². The van der Waals surface area contributed by atoms with Gasteiger partial charge in [0.25, 0.3) is 11.8 Å². The van der Waals surface area contributed by atoms with Gasteiger partial charge in [-0.1, -0.05) is 22.9 Å². The van der Waals surface area contributed by atoms with Crippen LogP contribution in [-0.4, -0.2) is 24.0 Å². The third kappa shape index (κ3) is 4.37. The molecule has 1 aliphatic carbocycles. The Kier molecular flexibility index (Phi) is 6.36. The van der Waals surface area contributed by atoms with Gasteiger partial charge in [-0.05, 0) is 61.2 Å². The topological polar surface area (TPSA) is 93.4 Å². The number of thiocarbonyl (C=S) groups is 1. The molecule has 0 saturated carbocycles. The van der Waals surface area contributed by atoms with Crippen LogP contribution in [0.5, 0.6) is 5.75 Å². The Bertz CT molecular complexity index is 958. The summed E-state index contributed by atoms with van der Waals surface area (Å²) in [7, 11) is 1.49. The fourth-order valence-electron chi connectivity index (χ4n) is 3.26. The predicted molar refractivity (Wildman–Crippen MR) is 118 cm³/mol. The van der Waals surface area contributed by atoms with Crippen LogP contribution >= 0.6 is 39.5 Å². The zero-order valence-corrected chi connectivity index (χ0v) is 18.6. The molecule has 2 amide bonds. The van der Waals surface area contributed by atoms with E-state index in [1.54, 1.807) is 18.2 Å². The zero-order valence-electron chi connectivity index (χ0n) is 15.4. The Morgan fingerprint density at radius 3 is 2.82 bits per heavy atom. The van der Waals surface area contributed by atoms with Gasteiger partial charge in [-0.3, -0.25) is 14.9 Å². The van der Waals surface area contributed by atoms with Crippen LogP contribution in [0.4, 0.5) is 5.00 Å². The highest BCUT2D eigenvalue weighted by atomic mass is 79.9. The van der Waals surface area contributed by atoms with Gasteiger partial charge in [0.1, 0.15) is 10.8 Å². The molecule has 1 aliphatic rings. The van der Waals surface area contributed by atoms with Gasteiger partial charge >= 0.3 is 0 Å². The van der Waals surface area contributed by atoms with Crippen molar-refractivity contribution in [2.75, 3.05) is 12.4 Å². The highest BCUT2D eigenvalue weighted by Crippen LogP contribution is 2.39. The monoisotopic (exact) mass is 481 g/mol. The summed E-state index contributed by atoms with van der Waals surface area (Å²) in [6.07, 6.45) is 2.75. The van der Waals surface area contributed by atoms with E-state index in [1.165, 1.54) is 18.4 Å². The molecule has 1 atom stereocenters. The fourth-order valence-corrected chi connectivity index (χ4v) is 5.30. The summed E-state index contributed by atoms with van der Waals surface area (Å²) in [4.78, 5) is 25.8. The summed E-state index contributed by atoms with van der Waals surface area (Å²) in [5.74, 6) is 0.0980. The molecule has 1 unspecified atom stereocenters. The van der Waals surface area contributed by atoms with Crippen molar-refractivity contribution in [3.63, 3.8) is 0 Å². The molecule has 0 aliphatic heterocycles. The number of halogens is 1. The van der Waals surface area contributed by atoms with Gasteiger partial charge in [-0.15, -0.1) is 11.3 Å². The van der Waals surface area contributed by atoms with E-state index < -0.39 is 11.8 Å². The highest BCUT2D eigenvalue weighted by molar-refractivity contribution is 9.10. The summed E-state index contributed by atoms with van der Waals surface area (Å²) in [5.41, 5.74) is 7.44. The van der Waals surface area contributed by atoms with E-state index in [0.717, 1.165) is 34.2 Å². The molecular weight excluding hydrogens is 462 g/mol. The number of methoxy groups -OCH3 is 1. The quantitative estimate of drug-likeness (QED) is 0.576. The van der Waals surface area contributed by atoms with Gasteiger partial charge in [-0.2, -0.15) is 0 Å². The second-order valence-electron chi connectivity index (χ2n) is 6.67. The first kappa shape index (κ1) is 20.8. The highest BCUT2D eigenvalue weighted by Gasteiger charge is 2.27. The Hall–Kier alpha value is -1.97. The Labute approximate surface area is 181 Å². The summed E-state index contributed by atoms with van der Waals surface area (Å²) in [6.45, 7) is 2.19. The third-order valence-corrected chi connectivity index (χ3v) is 6.49. The SMILES string of the molecule is COc1ccc(Br)cc1C(=O)NC(=S)Nc1sc2c(c1C(N)=O)CCC(C)C2. The summed E-state index contributed by atoms with van der Waals surface area (Å²) in [5, 5.41) is 6.30. The molecule has 0 bridgehead atoms. The van der Waals surface area contributed by atoms with Gasteiger partial charge in [-0.25, -0.2) is 0 Å². The first-order valence-corrected chi connectivity index (χ1v) is 10.7. The first-order chi connectivity index (χ1) is 13.3. The molecule has 0 fully saturated rings. The molecule has 0 radical (unpaired) electrons. The number of carbonyl (C=O) groups is 2. The van der Waals surface area contributed by atoms with E-state index >= 15 is 0 Å². The Balaban J connectivity index is 1.80. The zero-order chi connectivity index (χ0) is 20.4. The molecule has 0 spiro atoms. The molecule has 0 saturated heterocycles. The average molecular weight is 482 g/mol. The van der Waals surface area contributed by atoms with Crippen molar-refractivity contribution in [1.82, 2.24) is 5.32 Å². The van der Waals surface area contributed by atoms with Crippen LogP contribution in [-0.2, 0) is 12.8 Å². The molecule has 28 heavy (non-hydrogen) atoms. The van der Waals surface area contributed by atoms with Crippen LogP contribution in [0.15, 0.2) is 22.7 Å². The van der Waals surface area contributed by atoms with Crippen LogP contribution in [0.3, 0.4) is 0 Å². The number of anilines is 1. The van der Waals surface area contributed by atoms with Crippen molar-refractivity contribution in [1.29, 1.82) is 0 Å². The third-order valence-electron chi connectivity index (χ3n) is 4.62. The lowest BCUT2D eigenvalue weighted by atomic mass is 9.88. The Morgan fingerprint density at radius 1 is 1.39 bits per heavy atom. The lowest BCUT2D eigenvalue weighted by Gasteiger charge is -2.18. The number of nitrogens with two attached hydrogens (primary N) is 1. The van der Waals surface area contributed by atoms with Crippen molar-refractivity contribution in [3.05, 3.63) is 44.2 Å². The smallest absolute Gasteiger partial charge is 0.261 e. The molecular formula is C19H20BrN3O3S2. The van der Waals surface area contributed by atoms with Gasteiger partial charge in [0.2, 0.25) is 0 Å². The number of nitrogens with one attached hydrogen (secondary N) is 2. The molecule has 3 rings (SSSR count). The molecule has 1 heterocycles. The molecule has 6 nitrogen and oxygen atoms in total. The molecule has 2 aromatic rings. The van der Waals surface area contributed by atoms with E-state index in [4.69, 9.17) is 22.7 Å². The summed E-state index contributed by atoms with van der Waals surface area (Å²) in [6, 6.07) is 5.12. The van der Waals surface area contributed by atoms with E-state index in [1.807, 2.05) is 0 Å². The van der Waals surface area contributed by atoms with Gasteiger partial charge in [0.05, 0.1) is 18.2 Å². The summed E-state index contributed by atoms with van der Waals surface area (Å²) >= 11 is 10.1. The number of primary amides is 1. The maximum absolute atomic E-state index is 12.6. The number of hydrogen-bond acceptors (Lipinski definition) is 5. The molecule has 4 N–H and O–H groups in total. The van der Waals surface area contributed by atoms with Gasteiger partial charge in [0.15, 0.2) is 5.11 Å². The molecule has 1 aromatic heterocycles. The van der Waals surface area contributed by atoms with Crippen molar-refractivity contribution >= 4 is 61.4 Å². The van der Waals surface area contributed by atoms with E-state index in [9.17, 15) is 9.59 Å². The first-order valence-electron chi connectivity index (χ1n) is 8.70. The summed E-state index contributed by atoms with van der Waals surface area (Å²) < 4.78 is 5.98. The Morgan fingerprint density at radius 2 is 2.14 bits per heavy atom. The predicted octanol–water partition coefficient (Wildman–Crippen LogP) is 3.87. The number of benzene rings is 1. The van der Waals surface area contributed by atoms with Crippen LogP contribution in [0.1, 0.15) is 44.5 Å². The minimum atomic E-state index is -0.489. The average Bonchev–Trinajstić information content (AvgIpc) is 2.98. The lowest BCUT2D eigenvalue weighted by molar-refractivity contribution is 0.0972. The van der Waals surface area contributed by atoms with Gasteiger partial charge < -0.3 is 15.8 Å². The lowest BCUT2D eigenvalue weighted by Crippen LogP contribution is -2.34. The van der Waals surface area contributed by atoms with E-state index in [0.29, 0.717) is 27.8 Å². The molecule has 148 valence electrons. The number of amides is 2. The van der Waals surface area contributed by atoms with Crippen molar-refractivity contribution in [3.8, 4) is 5.75 Å². The second-order valence-corrected chi connectivity index (χ2v) is 9.10. The minimum absolute atomic E-state index is 0.0983. The van der Waals surface area contributed by atoms with Crippen LogP contribution < -0.4 is 21.1 Å².